The van der Waals surface area contributed by atoms with Gasteiger partial charge >= 0.3 is 0 Å². The third-order valence-corrected chi connectivity index (χ3v) is 5.36. The van der Waals surface area contributed by atoms with Gasteiger partial charge in [-0.2, -0.15) is 0 Å². The molecule has 0 saturated carbocycles. The Morgan fingerprint density at radius 3 is 2.63 bits per heavy atom. The Kier molecular flexibility index (Phi) is 5.45. The lowest BCUT2D eigenvalue weighted by Crippen LogP contribution is -2.17. The summed E-state index contributed by atoms with van der Waals surface area (Å²) in [6.45, 7) is 0. The number of ether oxygens (including phenoxy) is 1. The summed E-state index contributed by atoms with van der Waals surface area (Å²) in [6, 6.07) is 8.72. The SMILES string of the molecule is CNC(Cc1ccc(OC)c(Br)c1)c1cc(Br)cs1. The van der Waals surface area contributed by atoms with E-state index in [0.717, 1.165) is 21.1 Å². The second kappa shape index (κ2) is 6.88. The lowest BCUT2D eigenvalue weighted by Gasteiger charge is -2.15. The van der Waals surface area contributed by atoms with Gasteiger partial charge in [0.25, 0.3) is 0 Å². The molecule has 0 fully saturated rings. The first-order valence-electron chi connectivity index (χ1n) is 5.87. The van der Waals surface area contributed by atoms with Crippen molar-refractivity contribution >= 4 is 43.2 Å². The van der Waals surface area contributed by atoms with Crippen LogP contribution in [0, 0.1) is 0 Å². The van der Waals surface area contributed by atoms with Crippen LogP contribution >= 0.6 is 43.2 Å². The highest BCUT2D eigenvalue weighted by molar-refractivity contribution is 9.10. The minimum Gasteiger partial charge on any atom is -0.496 e. The molecule has 1 aromatic heterocycles. The van der Waals surface area contributed by atoms with Crippen LogP contribution in [0.2, 0.25) is 0 Å². The molecule has 1 unspecified atom stereocenters. The van der Waals surface area contributed by atoms with E-state index in [1.165, 1.54) is 10.4 Å². The highest BCUT2D eigenvalue weighted by Gasteiger charge is 2.13. The molecular formula is C14H15Br2NOS. The first kappa shape index (κ1) is 15.0. The van der Waals surface area contributed by atoms with E-state index in [1.54, 1.807) is 18.4 Å². The Labute approximate surface area is 134 Å². The smallest absolute Gasteiger partial charge is 0.133 e. The molecule has 102 valence electrons. The van der Waals surface area contributed by atoms with Crippen LogP contribution in [0.1, 0.15) is 16.5 Å². The van der Waals surface area contributed by atoms with E-state index in [1.807, 2.05) is 13.1 Å². The number of nitrogens with one attached hydrogen (secondary N) is 1. The quantitative estimate of drug-likeness (QED) is 0.773. The predicted molar refractivity (Wildman–Crippen MR) is 88.2 cm³/mol. The van der Waals surface area contributed by atoms with E-state index in [2.05, 4.69) is 60.8 Å². The summed E-state index contributed by atoms with van der Waals surface area (Å²) in [5.41, 5.74) is 1.27. The van der Waals surface area contributed by atoms with E-state index in [4.69, 9.17) is 4.74 Å². The molecule has 2 rings (SSSR count). The van der Waals surface area contributed by atoms with Crippen LogP contribution in [0.3, 0.4) is 0 Å². The summed E-state index contributed by atoms with van der Waals surface area (Å²) in [4.78, 5) is 1.33. The number of thiophene rings is 1. The average molecular weight is 405 g/mol. The molecule has 1 aromatic carbocycles. The van der Waals surface area contributed by atoms with Gasteiger partial charge in [0, 0.05) is 20.8 Å². The fourth-order valence-electron chi connectivity index (χ4n) is 1.93. The largest absolute Gasteiger partial charge is 0.496 e. The zero-order valence-corrected chi connectivity index (χ0v) is 14.7. The van der Waals surface area contributed by atoms with Gasteiger partial charge in [0.1, 0.15) is 5.75 Å². The average Bonchev–Trinajstić information content (AvgIpc) is 2.82. The number of hydrogen-bond donors (Lipinski definition) is 1. The topological polar surface area (TPSA) is 21.3 Å². The van der Waals surface area contributed by atoms with E-state index in [9.17, 15) is 0 Å². The van der Waals surface area contributed by atoms with Gasteiger partial charge in [0.05, 0.1) is 11.6 Å². The van der Waals surface area contributed by atoms with Crippen molar-refractivity contribution < 1.29 is 4.74 Å². The highest BCUT2D eigenvalue weighted by atomic mass is 79.9. The molecule has 19 heavy (non-hydrogen) atoms. The molecule has 2 nitrogen and oxygen atoms in total. The first-order chi connectivity index (χ1) is 9.13. The molecule has 1 atom stereocenters. The molecule has 1 heterocycles. The maximum absolute atomic E-state index is 5.25. The van der Waals surface area contributed by atoms with Crippen molar-refractivity contribution in [1.29, 1.82) is 0 Å². The molecule has 0 bridgehead atoms. The normalized spacial score (nSPS) is 12.4. The molecule has 5 heteroatoms. The molecule has 0 radical (unpaired) electrons. The lowest BCUT2D eigenvalue weighted by molar-refractivity contribution is 0.412. The van der Waals surface area contributed by atoms with Crippen molar-refractivity contribution in [3.63, 3.8) is 0 Å². The van der Waals surface area contributed by atoms with Crippen molar-refractivity contribution in [3.05, 3.63) is 49.0 Å². The van der Waals surface area contributed by atoms with E-state index in [-0.39, 0.29) is 0 Å². The summed E-state index contributed by atoms with van der Waals surface area (Å²) >= 11 is 8.80. The summed E-state index contributed by atoms with van der Waals surface area (Å²) in [7, 11) is 3.68. The van der Waals surface area contributed by atoms with Gasteiger partial charge in [-0.15, -0.1) is 11.3 Å². The fraction of sp³-hybridized carbons (Fsp3) is 0.286. The monoisotopic (exact) mass is 403 g/mol. The van der Waals surface area contributed by atoms with Crippen LogP contribution in [-0.4, -0.2) is 14.2 Å². The van der Waals surface area contributed by atoms with Gasteiger partial charge < -0.3 is 10.1 Å². The van der Waals surface area contributed by atoms with Crippen LogP contribution in [0.4, 0.5) is 0 Å². The number of rotatable bonds is 5. The standard InChI is InChI=1S/C14H15Br2NOS/c1-17-12(14-7-10(15)8-19-14)6-9-3-4-13(18-2)11(16)5-9/h3-5,7-8,12,17H,6H2,1-2H3. The van der Waals surface area contributed by atoms with Gasteiger partial charge in [0.15, 0.2) is 0 Å². The van der Waals surface area contributed by atoms with Crippen molar-refractivity contribution in [2.75, 3.05) is 14.2 Å². The van der Waals surface area contributed by atoms with E-state index in [0.29, 0.717) is 6.04 Å². The number of hydrogen-bond acceptors (Lipinski definition) is 3. The second-order valence-corrected chi connectivity index (χ2v) is 6.89. The maximum Gasteiger partial charge on any atom is 0.133 e. The molecule has 0 aliphatic heterocycles. The van der Waals surface area contributed by atoms with Crippen molar-refractivity contribution in [3.8, 4) is 5.75 Å². The second-order valence-electron chi connectivity index (χ2n) is 4.18. The molecule has 0 aliphatic carbocycles. The predicted octanol–water partition coefficient (Wildman–Crippen LogP) is 4.78. The van der Waals surface area contributed by atoms with Gasteiger partial charge in [-0.25, -0.2) is 0 Å². The van der Waals surface area contributed by atoms with Crippen LogP contribution in [0.5, 0.6) is 5.75 Å². The van der Waals surface area contributed by atoms with Crippen LogP contribution < -0.4 is 10.1 Å². The molecule has 1 N–H and O–H groups in total. The maximum atomic E-state index is 5.25. The number of halogens is 2. The zero-order valence-electron chi connectivity index (χ0n) is 10.7. The van der Waals surface area contributed by atoms with Crippen molar-refractivity contribution in [2.24, 2.45) is 0 Å². The van der Waals surface area contributed by atoms with Crippen molar-refractivity contribution in [1.82, 2.24) is 5.32 Å². The number of benzene rings is 1. The van der Waals surface area contributed by atoms with Crippen LogP contribution in [0.25, 0.3) is 0 Å². The molecule has 2 aromatic rings. The Morgan fingerprint density at radius 1 is 1.32 bits per heavy atom. The first-order valence-corrected chi connectivity index (χ1v) is 8.34. The minimum absolute atomic E-state index is 0.330. The van der Waals surface area contributed by atoms with E-state index >= 15 is 0 Å². The molecule has 0 amide bonds. The summed E-state index contributed by atoms with van der Waals surface area (Å²) in [5.74, 6) is 0.864. The number of methoxy groups -OCH3 is 1. The summed E-state index contributed by atoms with van der Waals surface area (Å²) < 4.78 is 7.39. The minimum atomic E-state index is 0.330. The highest BCUT2D eigenvalue weighted by Crippen LogP contribution is 2.30. The third kappa shape index (κ3) is 3.81. The lowest BCUT2D eigenvalue weighted by atomic mass is 10.0. The fourth-order valence-corrected chi connectivity index (χ4v) is 4.07. The van der Waals surface area contributed by atoms with Gasteiger partial charge in [-0.1, -0.05) is 6.07 Å². The Balaban J connectivity index is 2.16. The summed E-state index contributed by atoms with van der Waals surface area (Å²) in [5, 5.41) is 5.49. The molecule has 0 saturated heterocycles. The Bertz CT molecular complexity index is 556. The van der Waals surface area contributed by atoms with Gasteiger partial charge in [-0.3, -0.25) is 0 Å². The molecular weight excluding hydrogens is 390 g/mol. The van der Waals surface area contributed by atoms with Crippen LogP contribution in [0.15, 0.2) is 38.6 Å². The zero-order chi connectivity index (χ0) is 13.8. The van der Waals surface area contributed by atoms with Gasteiger partial charge in [0.2, 0.25) is 0 Å². The Morgan fingerprint density at radius 2 is 2.11 bits per heavy atom. The third-order valence-electron chi connectivity index (χ3n) is 2.94. The van der Waals surface area contributed by atoms with E-state index < -0.39 is 0 Å². The molecule has 0 aliphatic rings. The molecule has 0 spiro atoms. The summed E-state index contributed by atoms with van der Waals surface area (Å²) in [6.07, 6.45) is 0.950. The number of likely N-dealkylation sites (N-methyl/N-ethyl adjacent to an activating group) is 1. The van der Waals surface area contributed by atoms with Gasteiger partial charge in [-0.05, 0) is 69.1 Å². The Hall–Kier alpha value is -0.360. The van der Waals surface area contributed by atoms with Crippen molar-refractivity contribution in [2.45, 2.75) is 12.5 Å². The van der Waals surface area contributed by atoms with Crippen LogP contribution in [-0.2, 0) is 6.42 Å².